The number of aryl methyl sites for hydroxylation is 2. The topological polar surface area (TPSA) is 62.2 Å². The van der Waals surface area contributed by atoms with Crippen LogP contribution in [0.15, 0.2) is 36.7 Å². The summed E-state index contributed by atoms with van der Waals surface area (Å²) in [5, 5.41) is 3.36. The first-order valence-electron chi connectivity index (χ1n) is 8.62. The van der Waals surface area contributed by atoms with E-state index >= 15 is 0 Å². The number of hydrogen-bond acceptors (Lipinski definition) is 2. The third-order valence-electron chi connectivity index (χ3n) is 4.64. The van der Waals surface area contributed by atoms with Crippen LogP contribution in [-0.2, 0) is 6.42 Å². The number of amides is 1. The van der Waals surface area contributed by atoms with Gasteiger partial charge in [0.2, 0.25) is 0 Å². The van der Waals surface area contributed by atoms with E-state index in [2.05, 4.69) is 15.3 Å². The summed E-state index contributed by atoms with van der Waals surface area (Å²) >= 11 is 0. The first-order chi connectivity index (χ1) is 12.9. The molecule has 7 heteroatoms. The van der Waals surface area contributed by atoms with Crippen molar-refractivity contribution < 1.29 is 13.6 Å². The van der Waals surface area contributed by atoms with Crippen LogP contribution < -0.4 is 5.32 Å². The monoisotopic (exact) mass is 368 g/mol. The molecular weight excluding hydrogens is 350 g/mol. The van der Waals surface area contributed by atoms with E-state index in [1.54, 1.807) is 22.7 Å². The van der Waals surface area contributed by atoms with E-state index in [0.717, 1.165) is 28.7 Å². The van der Waals surface area contributed by atoms with Crippen molar-refractivity contribution in [1.29, 1.82) is 0 Å². The van der Waals surface area contributed by atoms with Crippen LogP contribution in [0.25, 0.3) is 16.6 Å². The van der Waals surface area contributed by atoms with E-state index in [1.165, 1.54) is 6.07 Å². The van der Waals surface area contributed by atoms with Crippen molar-refractivity contribution >= 4 is 22.5 Å². The number of aromatic amines is 1. The van der Waals surface area contributed by atoms with E-state index < -0.39 is 11.6 Å². The van der Waals surface area contributed by atoms with Crippen LogP contribution in [0.2, 0.25) is 0 Å². The second kappa shape index (κ2) is 6.50. The summed E-state index contributed by atoms with van der Waals surface area (Å²) in [5.74, 6) is -1.45. The highest BCUT2D eigenvalue weighted by Crippen LogP contribution is 2.25. The summed E-state index contributed by atoms with van der Waals surface area (Å²) < 4.78 is 29.3. The normalized spacial score (nSPS) is 11.4. The maximum atomic E-state index is 13.9. The number of halogens is 2. The summed E-state index contributed by atoms with van der Waals surface area (Å²) in [6.45, 7) is 4.05. The van der Waals surface area contributed by atoms with Gasteiger partial charge in [-0.3, -0.25) is 4.79 Å². The second-order valence-corrected chi connectivity index (χ2v) is 6.61. The van der Waals surface area contributed by atoms with E-state index in [4.69, 9.17) is 0 Å². The van der Waals surface area contributed by atoms with Crippen LogP contribution in [0.1, 0.15) is 27.3 Å². The molecule has 138 valence electrons. The smallest absolute Gasteiger partial charge is 0.252 e. The minimum Gasteiger partial charge on any atom is -0.356 e. The molecule has 2 N–H and O–H groups in total. The van der Waals surface area contributed by atoms with Gasteiger partial charge in [-0.2, -0.15) is 0 Å². The number of aromatic nitrogens is 3. The van der Waals surface area contributed by atoms with Crippen LogP contribution in [0.3, 0.4) is 0 Å². The Balaban J connectivity index is 1.50. The molecule has 0 saturated heterocycles. The molecule has 0 bridgehead atoms. The number of imidazole rings is 1. The highest BCUT2D eigenvalue weighted by atomic mass is 19.1. The summed E-state index contributed by atoms with van der Waals surface area (Å²) in [5.41, 5.74) is 4.02. The predicted molar refractivity (Wildman–Crippen MR) is 98.9 cm³/mol. The van der Waals surface area contributed by atoms with Crippen molar-refractivity contribution in [2.75, 3.05) is 6.54 Å². The average molecular weight is 368 g/mol. The van der Waals surface area contributed by atoms with Crippen molar-refractivity contribution in [3.8, 4) is 0 Å². The molecule has 0 fully saturated rings. The Hall–Kier alpha value is -3.22. The Bertz CT molecular complexity index is 1180. The molecule has 0 aliphatic heterocycles. The number of pyridine rings is 1. The van der Waals surface area contributed by atoms with E-state index in [0.29, 0.717) is 23.9 Å². The highest BCUT2D eigenvalue weighted by Gasteiger charge is 2.14. The fourth-order valence-electron chi connectivity index (χ4n) is 3.38. The van der Waals surface area contributed by atoms with Gasteiger partial charge in [0.1, 0.15) is 17.3 Å². The quantitative estimate of drug-likeness (QED) is 0.577. The zero-order chi connectivity index (χ0) is 19.1. The Morgan fingerprint density at radius 1 is 1.22 bits per heavy atom. The molecule has 0 saturated carbocycles. The molecule has 27 heavy (non-hydrogen) atoms. The summed E-state index contributed by atoms with van der Waals surface area (Å²) in [6.07, 6.45) is 4.05. The van der Waals surface area contributed by atoms with Crippen molar-refractivity contribution in [3.05, 3.63) is 70.8 Å². The van der Waals surface area contributed by atoms with Gasteiger partial charge in [-0.15, -0.1) is 0 Å². The largest absolute Gasteiger partial charge is 0.356 e. The van der Waals surface area contributed by atoms with Crippen LogP contribution in [0, 0.1) is 25.5 Å². The molecule has 0 aliphatic carbocycles. The van der Waals surface area contributed by atoms with E-state index in [-0.39, 0.29) is 11.4 Å². The maximum Gasteiger partial charge on any atom is 0.252 e. The van der Waals surface area contributed by atoms with E-state index in [1.807, 2.05) is 20.0 Å². The SMILES string of the molecule is Cc1cn2cc(C(=O)NCCc3c(C)[nH]c4c(F)cc(F)cc34)ccc2n1. The lowest BCUT2D eigenvalue weighted by Gasteiger charge is -2.06. The van der Waals surface area contributed by atoms with E-state index in [9.17, 15) is 13.6 Å². The number of hydrogen-bond donors (Lipinski definition) is 2. The first-order valence-corrected chi connectivity index (χ1v) is 8.62. The van der Waals surface area contributed by atoms with Gasteiger partial charge >= 0.3 is 0 Å². The number of carbonyl (C=O) groups excluding carboxylic acids is 1. The molecule has 0 unspecified atom stereocenters. The number of rotatable bonds is 4. The number of fused-ring (bicyclic) bond motifs is 2. The second-order valence-electron chi connectivity index (χ2n) is 6.61. The van der Waals surface area contributed by atoms with Crippen molar-refractivity contribution in [3.63, 3.8) is 0 Å². The molecule has 1 aromatic carbocycles. The van der Waals surface area contributed by atoms with Gasteiger partial charge in [-0.1, -0.05) is 0 Å². The lowest BCUT2D eigenvalue weighted by atomic mass is 10.1. The van der Waals surface area contributed by atoms with Crippen molar-refractivity contribution in [2.24, 2.45) is 0 Å². The van der Waals surface area contributed by atoms with Gasteiger partial charge in [-0.05, 0) is 44.0 Å². The molecule has 0 radical (unpaired) electrons. The van der Waals surface area contributed by atoms with Crippen LogP contribution >= 0.6 is 0 Å². The van der Waals surface area contributed by atoms with Gasteiger partial charge in [-0.25, -0.2) is 13.8 Å². The summed E-state index contributed by atoms with van der Waals surface area (Å²) in [6, 6.07) is 5.68. The number of nitrogens with zero attached hydrogens (tertiary/aromatic N) is 2. The van der Waals surface area contributed by atoms with Gasteiger partial charge < -0.3 is 14.7 Å². The Morgan fingerprint density at radius 3 is 2.85 bits per heavy atom. The molecule has 0 spiro atoms. The first kappa shape index (κ1) is 17.2. The molecule has 4 rings (SSSR count). The van der Waals surface area contributed by atoms with Crippen molar-refractivity contribution in [2.45, 2.75) is 20.3 Å². The summed E-state index contributed by atoms with van der Waals surface area (Å²) in [7, 11) is 0. The number of nitrogens with one attached hydrogen (secondary N) is 2. The third kappa shape index (κ3) is 3.16. The molecule has 3 aromatic heterocycles. The Labute approximate surface area is 154 Å². The molecule has 1 amide bonds. The Kier molecular flexibility index (Phi) is 4.14. The zero-order valence-corrected chi connectivity index (χ0v) is 14.9. The minimum absolute atomic E-state index is 0.210. The zero-order valence-electron chi connectivity index (χ0n) is 14.9. The molecule has 0 atom stereocenters. The number of carbonyl (C=O) groups is 1. The molecular formula is C20H18F2N4O. The third-order valence-corrected chi connectivity index (χ3v) is 4.64. The van der Waals surface area contributed by atoms with Crippen LogP contribution in [0.4, 0.5) is 8.78 Å². The van der Waals surface area contributed by atoms with Crippen LogP contribution in [-0.4, -0.2) is 26.8 Å². The highest BCUT2D eigenvalue weighted by molar-refractivity contribution is 5.94. The van der Waals surface area contributed by atoms with Crippen molar-refractivity contribution in [1.82, 2.24) is 19.7 Å². The predicted octanol–water partition coefficient (Wildman–Crippen LogP) is 3.68. The minimum atomic E-state index is -0.618. The molecule has 0 aliphatic rings. The Morgan fingerprint density at radius 2 is 2.04 bits per heavy atom. The number of H-pyrrole nitrogens is 1. The molecule has 5 nitrogen and oxygen atoms in total. The van der Waals surface area contributed by atoms with Gasteiger partial charge in [0, 0.05) is 36.1 Å². The van der Waals surface area contributed by atoms with Gasteiger partial charge in [0.05, 0.1) is 16.8 Å². The van der Waals surface area contributed by atoms with Crippen LogP contribution in [0.5, 0.6) is 0 Å². The lowest BCUT2D eigenvalue weighted by Crippen LogP contribution is -2.26. The molecule has 4 aromatic rings. The fraction of sp³-hybridized carbons (Fsp3) is 0.200. The standard InChI is InChI=1S/C20H18F2N4O/c1-11-9-26-10-13(3-4-18(26)24-11)20(27)23-6-5-15-12(2)25-19-16(15)7-14(21)8-17(19)22/h3-4,7-10,25H,5-6H2,1-2H3,(H,23,27). The average Bonchev–Trinajstić information content (AvgIpc) is 3.13. The molecule has 3 heterocycles. The summed E-state index contributed by atoms with van der Waals surface area (Å²) in [4.78, 5) is 19.7. The number of benzene rings is 1. The fourth-order valence-corrected chi connectivity index (χ4v) is 3.38. The van der Waals surface area contributed by atoms with Gasteiger partial charge in [0.15, 0.2) is 0 Å². The van der Waals surface area contributed by atoms with Gasteiger partial charge in [0.25, 0.3) is 5.91 Å². The maximum absolute atomic E-state index is 13.9. The lowest BCUT2D eigenvalue weighted by molar-refractivity contribution is 0.0953.